The van der Waals surface area contributed by atoms with E-state index in [1.807, 2.05) is 13.8 Å². The van der Waals surface area contributed by atoms with E-state index in [0.717, 1.165) is 16.7 Å². The number of hydrogen-bond acceptors (Lipinski definition) is 0. The topological polar surface area (TPSA) is 0 Å². The second-order valence-corrected chi connectivity index (χ2v) is 5.32. The fourth-order valence-electron chi connectivity index (χ4n) is 1.90. The molecule has 1 aromatic rings. The van der Waals surface area contributed by atoms with E-state index in [1.54, 1.807) is 0 Å². The molecule has 0 heteroatoms. The lowest BCUT2D eigenvalue weighted by Gasteiger charge is -2.05. The summed E-state index contributed by atoms with van der Waals surface area (Å²) in [6.45, 7) is 16.4. The van der Waals surface area contributed by atoms with Crippen LogP contribution in [0.5, 0.6) is 0 Å². The highest BCUT2D eigenvalue weighted by Crippen LogP contribution is 2.17. The van der Waals surface area contributed by atoms with E-state index >= 15 is 0 Å². The molecule has 0 aliphatic rings. The number of allylic oxidation sites excluding steroid dienone is 5. The third-order valence-electron chi connectivity index (χ3n) is 3.07. The Balaban J connectivity index is 2.84. The van der Waals surface area contributed by atoms with E-state index < -0.39 is 0 Å². The minimum Gasteiger partial charge on any atom is -0.0955 e. The minimum atomic E-state index is 0.580. The van der Waals surface area contributed by atoms with Gasteiger partial charge in [0.05, 0.1) is 0 Å². The van der Waals surface area contributed by atoms with Crippen LogP contribution in [0.4, 0.5) is 0 Å². The van der Waals surface area contributed by atoms with Crippen molar-refractivity contribution in [1.82, 2.24) is 0 Å². The number of rotatable bonds is 5. The quantitative estimate of drug-likeness (QED) is 0.572. The van der Waals surface area contributed by atoms with Crippen LogP contribution in [-0.2, 0) is 0 Å². The summed E-state index contributed by atoms with van der Waals surface area (Å²) in [5.41, 5.74) is 5.80. The summed E-state index contributed by atoms with van der Waals surface area (Å²) in [6, 6.07) is 8.68. The lowest BCUT2D eigenvalue weighted by Crippen LogP contribution is -1.86. The highest BCUT2D eigenvalue weighted by molar-refractivity contribution is 5.54. The molecule has 0 amide bonds. The Hall–Kier alpha value is -1.82. The van der Waals surface area contributed by atoms with E-state index in [-0.39, 0.29) is 0 Å². The molecule has 0 saturated carbocycles. The molecular formula is C19H24. The van der Waals surface area contributed by atoms with E-state index in [1.165, 1.54) is 11.1 Å². The van der Waals surface area contributed by atoms with Crippen molar-refractivity contribution in [3.05, 3.63) is 77.4 Å². The summed E-state index contributed by atoms with van der Waals surface area (Å²) >= 11 is 0. The van der Waals surface area contributed by atoms with Gasteiger partial charge in [-0.1, -0.05) is 80.6 Å². The van der Waals surface area contributed by atoms with Gasteiger partial charge in [0.2, 0.25) is 0 Å². The average Bonchev–Trinajstić information content (AvgIpc) is 2.34. The van der Waals surface area contributed by atoms with Crippen LogP contribution in [-0.4, -0.2) is 0 Å². The van der Waals surface area contributed by atoms with Crippen LogP contribution in [0.1, 0.15) is 44.7 Å². The Bertz CT molecular complexity index is 491. The van der Waals surface area contributed by atoms with Crippen LogP contribution in [0.15, 0.2) is 66.3 Å². The molecule has 100 valence electrons. The first-order valence-electron chi connectivity index (χ1n) is 6.72. The molecule has 1 rings (SSSR count). The van der Waals surface area contributed by atoms with Crippen molar-refractivity contribution in [1.29, 1.82) is 0 Å². The van der Waals surface area contributed by atoms with Crippen molar-refractivity contribution in [3.63, 3.8) is 0 Å². The molecule has 0 bridgehead atoms. The van der Waals surface area contributed by atoms with Gasteiger partial charge in [0.15, 0.2) is 0 Å². The van der Waals surface area contributed by atoms with E-state index in [4.69, 9.17) is 0 Å². The van der Waals surface area contributed by atoms with Gasteiger partial charge in [0.1, 0.15) is 0 Å². The third-order valence-corrected chi connectivity index (χ3v) is 3.07. The Morgan fingerprint density at radius 1 is 1.00 bits per heavy atom. The normalized spacial score (nSPS) is 10.8. The molecule has 0 nitrogen and oxygen atoms in total. The Morgan fingerprint density at radius 3 is 1.95 bits per heavy atom. The number of benzene rings is 1. The number of hydrogen-bond donors (Lipinski definition) is 0. The third kappa shape index (κ3) is 4.75. The SMILES string of the molecule is C=C(C)C(=CC=Cc1ccc(C(C)C)cc1)C(=C)C. The first kappa shape index (κ1) is 15.2. The van der Waals surface area contributed by atoms with Crippen LogP contribution < -0.4 is 0 Å². The molecule has 0 unspecified atom stereocenters. The van der Waals surface area contributed by atoms with E-state index in [0.29, 0.717) is 5.92 Å². The van der Waals surface area contributed by atoms with Gasteiger partial charge in [-0.05, 0) is 36.5 Å². The molecular weight excluding hydrogens is 228 g/mol. The van der Waals surface area contributed by atoms with Crippen LogP contribution in [0.3, 0.4) is 0 Å². The van der Waals surface area contributed by atoms with Crippen LogP contribution in [0.25, 0.3) is 6.08 Å². The zero-order valence-electron chi connectivity index (χ0n) is 12.5. The van der Waals surface area contributed by atoms with E-state index in [9.17, 15) is 0 Å². The monoisotopic (exact) mass is 252 g/mol. The molecule has 0 atom stereocenters. The van der Waals surface area contributed by atoms with Crippen molar-refractivity contribution in [3.8, 4) is 0 Å². The van der Waals surface area contributed by atoms with Gasteiger partial charge < -0.3 is 0 Å². The van der Waals surface area contributed by atoms with Gasteiger partial charge in [-0.25, -0.2) is 0 Å². The first-order chi connectivity index (χ1) is 8.91. The zero-order valence-corrected chi connectivity index (χ0v) is 12.5. The molecule has 0 aliphatic heterocycles. The largest absolute Gasteiger partial charge is 0.0955 e. The Kier molecular flexibility index (Phi) is 5.57. The minimum absolute atomic E-state index is 0.580. The smallest absolute Gasteiger partial charge is 0.0210 e. The van der Waals surface area contributed by atoms with Gasteiger partial charge in [0, 0.05) is 0 Å². The molecule has 0 aliphatic carbocycles. The van der Waals surface area contributed by atoms with Crippen LogP contribution in [0.2, 0.25) is 0 Å². The molecule has 0 N–H and O–H groups in total. The van der Waals surface area contributed by atoms with Crippen LogP contribution in [0, 0.1) is 0 Å². The summed E-state index contributed by atoms with van der Waals surface area (Å²) in [5.74, 6) is 0.580. The standard InChI is InChI=1S/C19H24/c1-14(2)18-12-10-17(11-13-18)8-7-9-19(15(3)4)16(5)6/h7-14H,3,5H2,1-2,4,6H3. The molecule has 0 saturated heterocycles. The maximum atomic E-state index is 3.97. The van der Waals surface area contributed by atoms with Crippen LogP contribution >= 0.6 is 0 Å². The summed E-state index contributed by atoms with van der Waals surface area (Å²) in [6.07, 6.45) is 6.24. The highest BCUT2D eigenvalue weighted by atomic mass is 14.0. The summed E-state index contributed by atoms with van der Waals surface area (Å²) in [7, 11) is 0. The van der Waals surface area contributed by atoms with Crippen molar-refractivity contribution < 1.29 is 0 Å². The van der Waals surface area contributed by atoms with Crippen molar-refractivity contribution in [2.24, 2.45) is 0 Å². The van der Waals surface area contributed by atoms with E-state index in [2.05, 4.69) is 69.5 Å². The lowest BCUT2D eigenvalue weighted by molar-refractivity contribution is 0.866. The van der Waals surface area contributed by atoms with Gasteiger partial charge >= 0.3 is 0 Å². The zero-order chi connectivity index (χ0) is 14.4. The summed E-state index contributed by atoms with van der Waals surface area (Å²) < 4.78 is 0. The Labute approximate surface area is 117 Å². The highest BCUT2D eigenvalue weighted by Gasteiger charge is 1.98. The summed E-state index contributed by atoms with van der Waals surface area (Å²) in [5, 5.41) is 0. The molecule has 0 radical (unpaired) electrons. The average molecular weight is 252 g/mol. The molecule has 0 heterocycles. The van der Waals surface area contributed by atoms with Crippen molar-refractivity contribution in [2.45, 2.75) is 33.6 Å². The maximum absolute atomic E-state index is 3.97. The first-order valence-corrected chi connectivity index (χ1v) is 6.72. The molecule has 0 spiro atoms. The lowest BCUT2D eigenvalue weighted by atomic mass is 10.0. The molecule has 19 heavy (non-hydrogen) atoms. The second-order valence-electron chi connectivity index (χ2n) is 5.32. The Morgan fingerprint density at radius 2 is 1.53 bits per heavy atom. The fourth-order valence-corrected chi connectivity index (χ4v) is 1.90. The predicted molar refractivity (Wildman–Crippen MR) is 87.3 cm³/mol. The fraction of sp³-hybridized carbons (Fsp3) is 0.263. The summed E-state index contributed by atoms with van der Waals surface area (Å²) in [4.78, 5) is 0. The second kappa shape index (κ2) is 6.94. The molecule has 0 aromatic heterocycles. The van der Waals surface area contributed by atoms with Gasteiger partial charge in [0.25, 0.3) is 0 Å². The molecule has 1 aromatic carbocycles. The maximum Gasteiger partial charge on any atom is -0.0210 e. The van der Waals surface area contributed by atoms with Crippen molar-refractivity contribution in [2.75, 3.05) is 0 Å². The van der Waals surface area contributed by atoms with Gasteiger partial charge in [-0.2, -0.15) is 0 Å². The molecule has 0 fully saturated rings. The van der Waals surface area contributed by atoms with Crippen molar-refractivity contribution >= 4 is 6.08 Å². The van der Waals surface area contributed by atoms with Gasteiger partial charge in [-0.3, -0.25) is 0 Å². The van der Waals surface area contributed by atoms with Gasteiger partial charge in [-0.15, -0.1) is 0 Å². The predicted octanol–water partition coefficient (Wildman–Crippen LogP) is 5.90.